The average Bonchev–Trinajstić information content (AvgIpc) is 2.50. The number of carbonyl (C=O) groups is 1. The van der Waals surface area contributed by atoms with Crippen LogP contribution in [0.25, 0.3) is 0 Å². The van der Waals surface area contributed by atoms with Gasteiger partial charge >= 0.3 is 0 Å². The van der Waals surface area contributed by atoms with Crippen LogP contribution in [0, 0.1) is 5.92 Å². The van der Waals surface area contributed by atoms with Crippen molar-refractivity contribution in [1.82, 2.24) is 16.0 Å². The maximum atomic E-state index is 11.4. The third-order valence-electron chi connectivity index (χ3n) is 2.51. The Balaban J connectivity index is -0.000000739. The van der Waals surface area contributed by atoms with Crippen LogP contribution in [0.15, 0.2) is 0 Å². The summed E-state index contributed by atoms with van der Waals surface area (Å²) in [7, 11) is 1.96. The number of hydrogen-bond donors (Lipinski definition) is 3. The normalized spacial score (nSPS) is 9.33. The van der Waals surface area contributed by atoms with Crippen molar-refractivity contribution in [3.8, 4) is 0 Å². The predicted molar refractivity (Wildman–Crippen MR) is 95.8 cm³/mol. The summed E-state index contributed by atoms with van der Waals surface area (Å²) in [4.78, 5) is 11.4. The number of carbonyl (C=O) groups excluding carboxylic acids is 1. The molecule has 0 atom stereocenters. The van der Waals surface area contributed by atoms with E-state index in [9.17, 15) is 4.79 Å². The summed E-state index contributed by atoms with van der Waals surface area (Å²) in [5.74, 6) is 0.846. The predicted octanol–water partition coefficient (Wildman–Crippen LogP) is 3.18. The summed E-state index contributed by atoms with van der Waals surface area (Å²) in [5.41, 5.74) is 0. The van der Waals surface area contributed by atoms with E-state index in [1.807, 2.05) is 34.7 Å². The maximum Gasteiger partial charge on any atom is 0.220 e. The first-order chi connectivity index (χ1) is 10.2. The Labute approximate surface area is 133 Å². The fourth-order valence-electron chi connectivity index (χ4n) is 1.53. The zero-order valence-electron chi connectivity index (χ0n) is 15.6. The van der Waals surface area contributed by atoms with Crippen molar-refractivity contribution in [2.24, 2.45) is 5.92 Å². The standard InChI is InChI=1S/C13H29N3O.2C2H6/c1-12(2)11-15-9-10-16-13(17)7-5-4-6-8-14-3;2*1-2/h12,14-15H,4-11H2,1-3H3,(H,16,17);2*1-2H3. The molecule has 0 heterocycles. The summed E-state index contributed by atoms with van der Waals surface area (Å²) in [6, 6.07) is 0. The molecule has 0 aliphatic rings. The first-order valence-electron chi connectivity index (χ1n) is 8.78. The van der Waals surface area contributed by atoms with Gasteiger partial charge in [-0.15, -0.1) is 0 Å². The molecule has 0 aromatic rings. The fraction of sp³-hybridized carbons (Fsp3) is 0.941. The van der Waals surface area contributed by atoms with Crippen LogP contribution in [0.3, 0.4) is 0 Å². The average molecular weight is 304 g/mol. The van der Waals surface area contributed by atoms with Crippen molar-refractivity contribution in [3.63, 3.8) is 0 Å². The van der Waals surface area contributed by atoms with E-state index in [-0.39, 0.29) is 5.91 Å². The molecule has 130 valence electrons. The number of hydrogen-bond acceptors (Lipinski definition) is 3. The number of rotatable bonds is 11. The molecule has 1 amide bonds. The molecule has 0 radical (unpaired) electrons. The Morgan fingerprint density at radius 1 is 0.905 bits per heavy atom. The lowest BCUT2D eigenvalue weighted by Crippen LogP contribution is -2.33. The minimum atomic E-state index is 0.181. The Kier molecular flexibility index (Phi) is 29.5. The highest BCUT2D eigenvalue weighted by Crippen LogP contribution is 1.98. The fourth-order valence-corrected chi connectivity index (χ4v) is 1.53. The molecule has 21 heavy (non-hydrogen) atoms. The Morgan fingerprint density at radius 3 is 2.05 bits per heavy atom. The summed E-state index contributed by atoms with van der Waals surface area (Å²) in [6.07, 6.45) is 3.93. The molecule has 0 bridgehead atoms. The van der Waals surface area contributed by atoms with Crippen LogP contribution in [0.1, 0.15) is 67.2 Å². The van der Waals surface area contributed by atoms with Crippen LogP contribution in [-0.2, 0) is 4.79 Å². The molecule has 0 aliphatic heterocycles. The minimum Gasteiger partial charge on any atom is -0.355 e. The molecule has 3 N–H and O–H groups in total. The van der Waals surface area contributed by atoms with E-state index in [2.05, 4.69) is 29.8 Å². The highest BCUT2D eigenvalue weighted by Gasteiger charge is 2.00. The number of amides is 1. The van der Waals surface area contributed by atoms with Crippen LogP contribution in [0.5, 0.6) is 0 Å². The van der Waals surface area contributed by atoms with Crippen molar-refractivity contribution < 1.29 is 4.79 Å². The van der Waals surface area contributed by atoms with Gasteiger partial charge in [-0.3, -0.25) is 4.79 Å². The zero-order valence-corrected chi connectivity index (χ0v) is 15.6. The third-order valence-corrected chi connectivity index (χ3v) is 2.51. The molecule has 4 heteroatoms. The van der Waals surface area contributed by atoms with Gasteiger partial charge in [0.1, 0.15) is 0 Å². The molecule has 0 unspecified atom stereocenters. The quantitative estimate of drug-likeness (QED) is 0.514. The van der Waals surface area contributed by atoms with Gasteiger partial charge in [-0.25, -0.2) is 0 Å². The van der Waals surface area contributed by atoms with Crippen molar-refractivity contribution in [2.45, 2.75) is 67.2 Å². The van der Waals surface area contributed by atoms with Gasteiger partial charge in [-0.05, 0) is 38.9 Å². The first kappa shape index (κ1) is 25.3. The van der Waals surface area contributed by atoms with Gasteiger partial charge in [0.25, 0.3) is 0 Å². The van der Waals surface area contributed by atoms with E-state index >= 15 is 0 Å². The summed E-state index contributed by atoms with van der Waals surface area (Å²) in [6.45, 7) is 16.0. The maximum absolute atomic E-state index is 11.4. The third kappa shape index (κ3) is 28.3. The topological polar surface area (TPSA) is 53.2 Å². The number of nitrogens with one attached hydrogen (secondary N) is 3. The molecule has 0 saturated heterocycles. The Morgan fingerprint density at radius 2 is 1.52 bits per heavy atom. The van der Waals surface area contributed by atoms with E-state index in [0.29, 0.717) is 12.3 Å². The molecule has 4 nitrogen and oxygen atoms in total. The van der Waals surface area contributed by atoms with Crippen LogP contribution in [0.2, 0.25) is 0 Å². The molecule has 0 aliphatic carbocycles. The van der Waals surface area contributed by atoms with Crippen LogP contribution >= 0.6 is 0 Å². The molecule has 0 aromatic carbocycles. The van der Waals surface area contributed by atoms with Crippen molar-refractivity contribution in [3.05, 3.63) is 0 Å². The van der Waals surface area contributed by atoms with E-state index < -0.39 is 0 Å². The smallest absolute Gasteiger partial charge is 0.220 e. The lowest BCUT2D eigenvalue weighted by molar-refractivity contribution is -0.121. The molecular formula is C17H41N3O. The molecule has 0 spiro atoms. The van der Waals surface area contributed by atoms with Crippen LogP contribution < -0.4 is 16.0 Å². The van der Waals surface area contributed by atoms with Gasteiger partial charge in [0, 0.05) is 19.5 Å². The van der Waals surface area contributed by atoms with Gasteiger partial charge in [0.05, 0.1) is 0 Å². The second-order valence-electron chi connectivity index (χ2n) is 4.86. The largest absolute Gasteiger partial charge is 0.355 e. The summed E-state index contributed by atoms with van der Waals surface area (Å²) < 4.78 is 0. The van der Waals surface area contributed by atoms with Gasteiger partial charge < -0.3 is 16.0 Å². The second kappa shape index (κ2) is 24.4. The highest BCUT2D eigenvalue weighted by molar-refractivity contribution is 5.75. The molecule has 0 aromatic heterocycles. The Hall–Kier alpha value is -0.610. The first-order valence-corrected chi connectivity index (χ1v) is 8.78. The second-order valence-corrected chi connectivity index (χ2v) is 4.86. The lowest BCUT2D eigenvalue weighted by Gasteiger charge is -2.08. The minimum absolute atomic E-state index is 0.181. The van der Waals surface area contributed by atoms with Gasteiger partial charge in [0.15, 0.2) is 0 Å². The SMILES string of the molecule is CC.CC.CNCCCCCC(=O)NCCNCC(C)C. The van der Waals surface area contributed by atoms with E-state index in [4.69, 9.17) is 0 Å². The molecule has 0 saturated carbocycles. The van der Waals surface area contributed by atoms with E-state index in [0.717, 1.165) is 45.4 Å². The van der Waals surface area contributed by atoms with Crippen molar-refractivity contribution in [1.29, 1.82) is 0 Å². The highest BCUT2D eigenvalue weighted by atomic mass is 16.1. The van der Waals surface area contributed by atoms with Crippen molar-refractivity contribution in [2.75, 3.05) is 33.2 Å². The number of unbranched alkanes of at least 4 members (excludes halogenated alkanes) is 2. The van der Waals surface area contributed by atoms with Gasteiger partial charge in [-0.1, -0.05) is 48.0 Å². The van der Waals surface area contributed by atoms with E-state index in [1.165, 1.54) is 0 Å². The summed E-state index contributed by atoms with van der Waals surface area (Å²) in [5, 5.41) is 9.34. The van der Waals surface area contributed by atoms with Crippen LogP contribution in [-0.4, -0.2) is 39.1 Å². The molecular weight excluding hydrogens is 262 g/mol. The van der Waals surface area contributed by atoms with Gasteiger partial charge in [0.2, 0.25) is 5.91 Å². The van der Waals surface area contributed by atoms with Gasteiger partial charge in [-0.2, -0.15) is 0 Å². The lowest BCUT2D eigenvalue weighted by atomic mass is 10.2. The van der Waals surface area contributed by atoms with E-state index in [1.54, 1.807) is 0 Å². The monoisotopic (exact) mass is 303 g/mol. The van der Waals surface area contributed by atoms with Crippen molar-refractivity contribution >= 4 is 5.91 Å². The molecule has 0 rings (SSSR count). The molecule has 0 fully saturated rings. The van der Waals surface area contributed by atoms with Crippen LogP contribution in [0.4, 0.5) is 0 Å². The Bertz CT molecular complexity index is 185. The summed E-state index contributed by atoms with van der Waals surface area (Å²) >= 11 is 0. The zero-order chi connectivity index (χ0) is 16.9.